The second-order valence-electron chi connectivity index (χ2n) is 7.03. The Bertz CT molecular complexity index is 876. The summed E-state index contributed by atoms with van der Waals surface area (Å²) in [5.74, 6) is 0. The Morgan fingerprint density at radius 2 is 1.81 bits per heavy atom. The number of aliphatic hydroxyl groups is 2. The van der Waals surface area contributed by atoms with Crippen LogP contribution in [0.1, 0.15) is 5.56 Å². The number of hydrogen-bond donors (Lipinski definition) is 2. The highest BCUT2D eigenvalue weighted by molar-refractivity contribution is 7.89. The van der Waals surface area contributed by atoms with E-state index in [-0.39, 0.29) is 24.5 Å². The van der Waals surface area contributed by atoms with Crippen LogP contribution in [0.2, 0.25) is 5.02 Å². The molecule has 27 heavy (non-hydrogen) atoms. The molecule has 0 saturated carbocycles. The number of benzene rings is 2. The minimum atomic E-state index is -3.76. The molecule has 1 heterocycles. The maximum atomic E-state index is 12.8. The van der Waals surface area contributed by atoms with Crippen LogP contribution in [0, 0.1) is 0 Å². The van der Waals surface area contributed by atoms with E-state index in [4.69, 9.17) is 11.6 Å². The Morgan fingerprint density at radius 1 is 1.19 bits per heavy atom. The predicted molar refractivity (Wildman–Crippen MR) is 104 cm³/mol. The Morgan fingerprint density at radius 3 is 2.44 bits per heavy atom. The lowest BCUT2D eigenvalue weighted by atomic mass is 10.00. The molecule has 0 amide bonds. The van der Waals surface area contributed by atoms with Crippen LogP contribution < -0.4 is 0 Å². The highest BCUT2D eigenvalue weighted by atomic mass is 35.5. The fourth-order valence-corrected chi connectivity index (χ4v) is 5.00. The number of likely N-dealkylation sites (N-methyl/N-ethyl adjacent to an activating group) is 1. The molecule has 1 fully saturated rings. The second kappa shape index (κ2) is 7.87. The van der Waals surface area contributed by atoms with Crippen molar-refractivity contribution in [3.05, 3.63) is 65.2 Å². The molecule has 0 spiro atoms. The normalized spacial score (nSPS) is 23.8. The molecule has 2 aromatic rings. The SMILES string of the molecule is CN(Cc1ccc(Cl)cc1)C[C@]1(O)CN(S(=O)(=O)c2ccccc2)C[C@H]1O. The fraction of sp³-hybridized carbons (Fsp3) is 0.368. The summed E-state index contributed by atoms with van der Waals surface area (Å²) < 4.78 is 26.7. The molecular weight excluding hydrogens is 388 g/mol. The molecule has 6 nitrogen and oxygen atoms in total. The largest absolute Gasteiger partial charge is 0.389 e. The van der Waals surface area contributed by atoms with E-state index in [1.54, 1.807) is 30.3 Å². The molecule has 0 aliphatic carbocycles. The van der Waals surface area contributed by atoms with E-state index in [2.05, 4.69) is 0 Å². The summed E-state index contributed by atoms with van der Waals surface area (Å²) in [6.45, 7) is 0.383. The number of β-amino-alcohol motifs (C(OH)–C–C–N with tert-alkyl or cyclic N) is 2. The van der Waals surface area contributed by atoms with Crippen molar-refractivity contribution >= 4 is 21.6 Å². The molecule has 8 heteroatoms. The summed E-state index contributed by atoms with van der Waals surface area (Å²) in [7, 11) is -1.95. The number of rotatable bonds is 6. The number of nitrogens with zero attached hydrogens (tertiary/aromatic N) is 2. The number of aliphatic hydroxyl groups excluding tert-OH is 1. The third-order valence-corrected chi connectivity index (χ3v) is 6.82. The summed E-state index contributed by atoms with van der Waals surface area (Å²) in [6, 6.07) is 15.4. The van der Waals surface area contributed by atoms with Crippen LogP contribution in [-0.4, -0.2) is 66.2 Å². The molecular formula is C19H23ClN2O4S. The summed E-state index contributed by atoms with van der Waals surface area (Å²) in [5, 5.41) is 21.9. The number of hydrogen-bond acceptors (Lipinski definition) is 5. The van der Waals surface area contributed by atoms with Gasteiger partial charge in [0.15, 0.2) is 0 Å². The van der Waals surface area contributed by atoms with Gasteiger partial charge in [-0.15, -0.1) is 0 Å². The summed E-state index contributed by atoms with van der Waals surface area (Å²) in [6.07, 6.45) is -1.16. The van der Waals surface area contributed by atoms with Crippen molar-refractivity contribution in [2.75, 3.05) is 26.7 Å². The highest BCUT2D eigenvalue weighted by Crippen LogP contribution is 2.28. The molecule has 2 N–H and O–H groups in total. The lowest BCUT2D eigenvalue weighted by molar-refractivity contribution is -0.0583. The van der Waals surface area contributed by atoms with Crippen molar-refractivity contribution in [2.45, 2.75) is 23.1 Å². The van der Waals surface area contributed by atoms with Crippen LogP contribution in [0.3, 0.4) is 0 Å². The molecule has 1 aliphatic heterocycles. The molecule has 3 rings (SSSR count). The van der Waals surface area contributed by atoms with Crippen molar-refractivity contribution in [1.29, 1.82) is 0 Å². The number of sulfonamides is 1. The van der Waals surface area contributed by atoms with Gasteiger partial charge < -0.3 is 10.2 Å². The van der Waals surface area contributed by atoms with Crippen molar-refractivity contribution in [2.24, 2.45) is 0 Å². The van der Waals surface area contributed by atoms with Crippen LogP contribution >= 0.6 is 11.6 Å². The maximum Gasteiger partial charge on any atom is 0.243 e. The lowest BCUT2D eigenvalue weighted by Crippen LogP contribution is -2.50. The third-order valence-electron chi connectivity index (χ3n) is 4.74. The summed E-state index contributed by atoms with van der Waals surface area (Å²) in [5.41, 5.74) is -0.532. The minimum Gasteiger partial charge on any atom is -0.389 e. The van der Waals surface area contributed by atoms with Crippen molar-refractivity contribution in [3.8, 4) is 0 Å². The van der Waals surface area contributed by atoms with Crippen molar-refractivity contribution in [3.63, 3.8) is 0 Å². The average Bonchev–Trinajstić information content (AvgIpc) is 2.93. The smallest absolute Gasteiger partial charge is 0.243 e. The maximum absolute atomic E-state index is 12.8. The number of halogens is 1. The van der Waals surface area contributed by atoms with E-state index in [0.717, 1.165) is 9.87 Å². The van der Waals surface area contributed by atoms with E-state index in [0.29, 0.717) is 11.6 Å². The van der Waals surface area contributed by atoms with Gasteiger partial charge in [-0.1, -0.05) is 41.9 Å². The predicted octanol–water partition coefficient (Wildman–Crippen LogP) is 1.57. The zero-order valence-electron chi connectivity index (χ0n) is 15.0. The van der Waals surface area contributed by atoms with Crippen molar-refractivity contribution < 1.29 is 18.6 Å². The Hall–Kier alpha value is -1.48. The van der Waals surface area contributed by atoms with Crippen LogP contribution in [0.4, 0.5) is 0 Å². The Labute approximate surface area is 164 Å². The van der Waals surface area contributed by atoms with Crippen LogP contribution in [0.5, 0.6) is 0 Å². The zero-order valence-corrected chi connectivity index (χ0v) is 16.6. The zero-order chi connectivity index (χ0) is 19.7. The van der Waals surface area contributed by atoms with E-state index in [1.165, 1.54) is 12.1 Å². The lowest BCUT2D eigenvalue weighted by Gasteiger charge is -2.31. The minimum absolute atomic E-state index is 0.136. The first-order valence-electron chi connectivity index (χ1n) is 8.59. The summed E-state index contributed by atoms with van der Waals surface area (Å²) in [4.78, 5) is 2.00. The molecule has 2 aromatic carbocycles. The van der Waals surface area contributed by atoms with Crippen molar-refractivity contribution in [1.82, 2.24) is 9.21 Å². The monoisotopic (exact) mass is 410 g/mol. The Kier molecular flexibility index (Phi) is 5.90. The summed E-state index contributed by atoms with van der Waals surface area (Å²) >= 11 is 5.89. The van der Waals surface area contributed by atoms with E-state index in [9.17, 15) is 18.6 Å². The molecule has 0 unspecified atom stereocenters. The molecule has 2 atom stereocenters. The van der Waals surface area contributed by atoms with Gasteiger partial charge in [0.1, 0.15) is 5.60 Å². The standard InChI is InChI=1S/C19H23ClN2O4S/c1-21(11-15-7-9-16(20)10-8-15)13-19(24)14-22(12-18(19)23)27(25,26)17-5-3-2-4-6-17/h2-10,18,23-24H,11-14H2,1H3/t18-,19+/m1/s1. The van der Waals surface area contributed by atoms with Gasteiger partial charge in [0, 0.05) is 31.2 Å². The molecule has 0 bridgehead atoms. The van der Waals surface area contributed by atoms with E-state index >= 15 is 0 Å². The van der Waals surface area contributed by atoms with E-state index < -0.39 is 21.7 Å². The topological polar surface area (TPSA) is 81.1 Å². The van der Waals surface area contributed by atoms with Gasteiger partial charge in [-0.2, -0.15) is 4.31 Å². The van der Waals surface area contributed by atoms with Gasteiger partial charge in [0.05, 0.1) is 11.0 Å². The first kappa shape index (κ1) is 20.3. The molecule has 146 valence electrons. The van der Waals surface area contributed by atoms with Crippen LogP contribution in [0.25, 0.3) is 0 Å². The first-order chi connectivity index (χ1) is 12.7. The quantitative estimate of drug-likeness (QED) is 0.755. The van der Waals surface area contributed by atoms with Gasteiger partial charge in [-0.25, -0.2) is 8.42 Å². The molecule has 0 radical (unpaired) electrons. The fourth-order valence-electron chi connectivity index (χ4n) is 3.34. The van der Waals surface area contributed by atoms with Gasteiger partial charge in [0.2, 0.25) is 10.0 Å². The Balaban J connectivity index is 1.70. The second-order valence-corrected chi connectivity index (χ2v) is 9.40. The van der Waals surface area contributed by atoms with Crippen LogP contribution in [0.15, 0.2) is 59.5 Å². The molecule has 1 aliphatic rings. The first-order valence-corrected chi connectivity index (χ1v) is 10.4. The highest BCUT2D eigenvalue weighted by Gasteiger charge is 2.49. The molecule has 0 aromatic heterocycles. The van der Waals surface area contributed by atoms with Gasteiger partial charge in [-0.05, 0) is 36.9 Å². The van der Waals surface area contributed by atoms with Gasteiger partial charge in [0.25, 0.3) is 0 Å². The molecule has 1 saturated heterocycles. The van der Waals surface area contributed by atoms with Gasteiger partial charge >= 0.3 is 0 Å². The van der Waals surface area contributed by atoms with E-state index in [1.807, 2.05) is 24.1 Å². The van der Waals surface area contributed by atoms with Gasteiger partial charge in [-0.3, -0.25) is 4.90 Å². The third kappa shape index (κ3) is 4.51. The van der Waals surface area contributed by atoms with Crippen LogP contribution in [-0.2, 0) is 16.6 Å². The average molecular weight is 411 g/mol.